The normalized spacial score (nSPS) is 10.8. The second-order valence-electron chi connectivity index (χ2n) is 5.79. The van der Waals surface area contributed by atoms with Crippen molar-refractivity contribution in [1.82, 2.24) is 15.0 Å². The first kappa shape index (κ1) is 16.2. The highest BCUT2D eigenvalue weighted by Crippen LogP contribution is 2.34. The van der Waals surface area contributed by atoms with E-state index in [0.717, 1.165) is 16.7 Å². The zero-order valence-electron chi connectivity index (χ0n) is 13.6. The van der Waals surface area contributed by atoms with E-state index in [9.17, 15) is 10.2 Å². The molecule has 5 nitrogen and oxygen atoms in total. The van der Waals surface area contributed by atoms with E-state index in [2.05, 4.69) is 22.9 Å². The predicted molar refractivity (Wildman–Crippen MR) is 103 cm³/mol. The minimum Gasteiger partial charge on any atom is -0.508 e. The standard InChI is InChI=1S/C20H15N3O2S/c24-16-9-10-17(18(25)12-16)23-19(20(26)21-22-23)15-8-4-7-14(11-15)13-5-2-1-3-6-13/h1-12,24-26H. The van der Waals surface area contributed by atoms with Crippen LogP contribution in [0.2, 0.25) is 0 Å². The molecular weight excluding hydrogens is 346 g/mol. The van der Waals surface area contributed by atoms with Crippen molar-refractivity contribution in [2.75, 3.05) is 0 Å². The van der Waals surface area contributed by atoms with Gasteiger partial charge >= 0.3 is 0 Å². The first-order chi connectivity index (χ1) is 12.6. The number of thiol groups is 1. The Labute approximate surface area is 155 Å². The van der Waals surface area contributed by atoms with Crippen molar-refractivity contribution in [3.8, 4) is 39.6 Å². The molecule has 4 rings (SSSR count). The minimum absolute atomic E-state index is 0.0231. The molecule has 0 spiro atoms. The van der Waals surface area contributed by atoms with Gasteiger partial charge in [0.05, 0.1) is 0 Å². The zero-order valence-corrected chi connectivity index (χ0v) is 14.5. The van der Waals surface area contributed by atoms with Gasteiger partial charge in [-0.05, 0) is 29.3 Å². The molecule has 6 heteroatoms. The zero-order chi connectivity index (χ0) is 18.1. The van der Waals surface area contributed by atoms with Crippen molar-refractivity contribution in [2.24, 2.45) is 0 Å². The molecule has 0 aliphatic carbocycles. The third-order valence-corrected chi connectivity index (χ3v) is 4.38. The monoisotopic (exact) mass is 361 g/mol. The molecule has 0 aliphatic heterocycles. The summed E-state index contributed by atoms with van der Waals surface area (Å²) >= 11 is 4.43. The van der Waals surface area contributed by atoms with Crippen LogP contribution in [0, 0.1) is 0 Å². The highest BCUT2D eigenvalue weighted by atomic mass is 32.1. The lowest BCUT2D eigenvalue weighted by molar-refractivity contribution is 0.447. The molecule has 3 aromatic carbocycles. The fraction of sp³-hybridized carbons (Fsp3) is 0. The van der Waals surface area contributed by atoms with Crippen LogP contribution in [0.15, 0.2) is 77.8 Å². The Kier molecular flexibility index (Phi) is 4.10. The summed E-state index contributed by atoms with van der Waals surface area (Å²) in [6, 6.07) is 22.3. The number of benzene rings is 3. The summed E-state index contributed by atoms with van der Waals surface area (Å²) in [5, 5.41) is 28.3. The Hall–Kier alpha value is -3.25. The van der Waals surface area contributed by atoms with E-state index in [1.165, 1.54) is 16.8 Å². The summed E-state index contributed by atoms with van der Waals surface area (Å²) in [5.41, 5.74) is 4.09. The Morgan fingerprint density at radius 2 is 1.50 bits per heavy atom. The maximum absolute atomic E-state index is 10.2. The van der Waals surface area contributed by atoms with Crippen molar-refractivity contribution in [3.05, 3.63) is 72.8 Å². The van der Waals surface area contributed by atoms with Gasteiger partial charge in [-0.15, -0.1) is 17.7 Å². The SMILES string of the molecule is Oc1ccc(-n2nnc(S)c2-c2cccc(-c3ccccc3)c2)c(O)c1. The predicted octanol–water partition coefficient (Wildman–Crippen LogP) is 4.30. The molecule has 0 fully saturated rings. The fourth-order valence-electron chi connectivity index (χ4n) is 2.86. The fourth-order valence-corrected chi connectivity index (χ4v) is 3.13. The summed E-state index contributed by atoms with van der Waals surface area (Å²) in [4.78, 5) is 0. The topological polar surface area (TPSA) is 71.2 Å². The average molecular weight is 361 g/mol. The Morgan fingerprint density at radius 1 is 0.769 bits per heavy atom. The van der Waals surface area contributed by atoms with Gasteiger partial charge in [-0.25, -0.2) is 4.68 Å². The highest BCUT2D eigenvalue weighted by Gasteiger charge is 2.17. The molecule has 0 atom stereocenters. The first-order valence-corrected chi connectivity index (χ1v) is 8.41. The van der Waals surface area contributed by atoms with Crippen LogP contribution in [-0.4, -0.2) is 25.2 Å². The number of aromatic hydroxyl groups is 2. The molecule has 0 amide bonds. The average Bonchev–Trinajstić information content (AvgIpc) is 3.04. The molecule has 4 aromatic rings. The van der Waals surface area contributed by atoms with E-state index in [0.29, 0.717) is 16.4 Å². The molecule has 0 saturated heterocycles. The van der Waals surface area contributed by atoms with E-state index in [1.807, 2.05) is 54.6 Å². The van der Waals surface area contributed by atoms with Crippen molar-refractivity contribution >= 4 is 12.6 Å². The van der Waals surface area contributed by atoms with Gasteiger partial charge in [0.25, 0.3) is 0 Å². The van der Waals surface area contributed by atoms with E-state index in [1.54, 1.807) is 6.07 Å². The third-order valence-electron chi connectivity index (χ3n) is 4.08. The summed E-state index contributed by atoms with van der Waals surface area (Å²) in [6.45, 7) is 0. The lowest BCUT2D eigenvalue weighted by Gasteiger charge is -2.10. The van der Waals surface area contributed by atoms with Crippen LogP contribution in [0.25, 0.3) is 28.1 Å². The van der Waals surface area contributed by atoms with Crippen molar-refractivity contribution in [2.45, 2.75) is 5.03 Å². The maximum Gasteiger partial charge on any atom is 0.145 e. The quantitative estimate of drug-likeness (QED) is 0.476. The van der Waals surface area contributed by atoms with E-state index < -0.39 is 0 Å². The number of rotatable bonds is 3. The third kappa shape index (κ3) is 2.91. The van der Waals surface area contributed by atoms with E-state index >= 15 is 0 Å². The molecule has 1 heterocycles. The second kappa shape index (κ2) is 6.57. The summed E-state index contributed by atoms with van der Waals surface area (Å²) in [5.74, 6) is -0.117. The smallest absolute Gasteiger partial charge is 0.145 e. The molecule has 2 N–H and O–H groups in total. The Morgan fingerprint density at radius 3 is 2.27 bits per heavy atom. The molecule has 128 valence electrons. The van der Waals surface area contributed by atoms with Crippen molar-refractivity contribution < 1.29 is 10.2 Å². The molecule has 0 radical (unpaired) electrons. The minimum atomic E-state index is -0.0938. The van der Waals surface area contributed by atoms with Gasteiger partial charge in [-0.1, -0.05) is 53.7 Å². The van der Waals surface area contributed by atoms with Crippen LogP contribution in [0.5, 0.6) is 11.5 Å². The van der Waals surface area contributed by atoms with E-state index in [-0.39, 0.29) is 11.5 Å². The number of nitrogens with zero attached hydrogens (tertiary/aromatic N) is 3. The van der Waals surface area contributed by atoms with Gasteiger partial charge in [0.2, 0.25) is 0 Å². The van der Waals surface area contributed by atoms with Gasteiger partial charge in [0.1, 0.15) is 27.9 Å². The van der Waals surface area contributed by atoms with E-state index in [4.69, 9.17) is 0 Å². The number of hydrogen-bond acceptors (Lipinski definition) is 5. The molecule has 26 heavy (non-hydrogen) atoms. The van der Waals surface area contributed by atoms with Gasteiger partial charge in [0, 0.05) is 11.6 Å². The number of phenolic OH excluding ortho intramolecular Hbond substituents is 2. The van der Waals surface area contributed by atoms with Crippen LogP contribution in [0.1, 0.15) is 0 Å². The Bertz CT molecular complexity index is 1080. The Balaban J connectivity index is 1.86. The van der Waals surface area contributed by atoms with Crippen LogP contribution in [0.4, 0.5) is 0 Å². The van der Waals surface area contributed by atoms with Gasteiger partial charge in [-0.2, -0.15) is 0 Å². The maximum atomic E-state index is 10.2. The van der Waals surface area contributed by atoms with Crippen LogP contribution >= 0.6 is 12.6 Å². The second-order valence-corrected chi connectivity index (χ2v) is 6.22. The summed E-state index contributed by atoms with van der Waals surface area (Å²) in [6.07, 6.45) is 0. The van der Waals surface area contributed by atoms with Crippen LogP contribution in [0.3, 0.4) is 0 Å². The van der Waals surface area contributed by atoms with Crippen LogP contribution in [-0.2, 0) is 0 Å². The lowest BCUT2D eigenvalue weighted by atomic mass is 10.0. The molecular formula is C20H15N3O2S. The van der Waals surface area contributed by atoms with Gasteiger partial charge in [-0.3, -0.25) is 0 Å². The van der Waals surface area contributed by atoms with Crippen molar-refractivity contribution in [3.63, 3.8) is 0 Å². The van der Waals surface area contributed by atoms with Crippen molar-refractivity contribution in [1.29, 1.82) is 0 Å². The largest absolute Gasteiger partial charge is 0.508 e. The first-order valence-electron chi connectivity index (χ1n) is 7.96. The highest BCUT2D eigenvalue weighted by molar-refractivity contribution is 7.80. The lowest BCUT2D eigenvalue weighted by Crippen LogP contribution is -2.00. The number of phenols is 2. The number of hydrogen-bond donors (Lipinski definition) is 3. The molecule has 0 aliphatic rings. The van der Waals surface area contributed by atoms with Gasteiger partial charge < -0.3 is 10.2 Å². The molecule has 1 aromatic heterocycles. The van der Waals surface area contributed by atoms with Gasteiger partial charge in [0.15, 0.2) is 0 Å². The molecule has 0 unspecified atom stereocenters. The summed E-state index contributed by atoms with van der Waals surface area (Å²) < 4.78 is 1.52. The summed E-state index contributed by atoms with van der Waals surface area (Å²) in [7, 11) is 0. The molecule has 0 saturated carbocycles. The molecule has 0 bridgehead atoms. The van der Waals surface area contributed by atoms with Crippen LogP contribution < -0.4 is 0 Å². The number of aromatic nitrogens is 3.